The van der Waals surface area contributed by atoms with Crippen LogP contribution in [-0.4, -0.2) is 24.5 Å². The number of ether oxygens (including phenoxy) is 1. The maximum atomic E-state index is 13.6. The number of carbonyl (C=O) groups is 2. The summed E-state index contributed by atoms with van der Waals surface area (Å²) in [6.07, 6.45) is -0.353. The number of rotatable bonds is 7. The Morgan fingerprint density at radius 3 is 2.23 bits per heavy atom. The van der Waals surface area contributed by atoms with E-state index in [0.29, 0.717) is 6.54 Å². The fraction of sp³-hybridized carbons (Fsp3) is 0.300. The van der Waals surface area contributed by atoms with Gasteiger partial charge in [-0.1, -0.05) is 43.3 Å². The zero-order valence-electron chi connectivity index (χ0n) is 14.7. The van der Waals surface area contributed by atoms with Gasteiger partial charge in [-0.15, -0.1) is 0 Å². The minimum absolute atomic E-state index is 0.118. The monoisotopic (exact) mass is 361 g/mol. The summed E-state index contributed by atoms with van der Waals surface area (Å²) in [4.78, 5) is 24.1. The van der Waals surface area contributed by atoms with Crippen LogP contribution in [0.2, 0.25) is 0 Å². The number of halogens is 2. The van der Waals surface area contributed by atoms with Crippen LogP contribution in [-0.2, 0) is 9.53 Å². The Labute approximate surface area is 151 Å². The minimum Gasteiger partial charge on any atom is -0.449 e. The summed E-state index contributed by atoms with van der Waals surface area (Å²) in [5.74, 6) is -3.68. The molecule has 4 nitrogen and oxygen atoms in total. The predicted octanol–water partition coefficient (Wildman–Crippen LogP) is 3.82. The molecule has 0 aliphatic rings. The lowest BCUT2D eigenvalue weighted by atomic mass is 9.96. The molecular weight excluding hydrogens is 340 g/mol. The van der Waals surface area contributed by atoms with Gasteiger partial charge in [0, 0.05) is 12.5 Å². The van der Waals surface area contributed by atoms with Gasteiger partial charge < -0.3 is 10.1 Å². The van der Waals surface area contributed by atoms with Crippen molar-refractivity contribution in [2.24, 2.45) is 0 Å². The van der Waals surface area contributed by atoms with E-state index in [1.807, 2.05) is 37.3 Å². The second-order valence-corrected chi connectivity index (χ2v) is 5.91. The van der Waals surface area contributed by atoms with Crippen molar-refractivity contribution in [3.8, 4) is 0 Å². The van der Waals surface area contributed by atoms with Gasteiger partial charge in [-0.3, -0.25) is 4.79 Å². The number of esters is 1. The molecule has 0 saturated heterocycles. The van der Waals surface area contributed by atoms with Crippen molar-refractivity contribution in [3.63, 3.8) is 0 Å². The predicted molar refractivity (Wildman–Crippen MR) is 93.7 cm³/mol. The van der Waals surface area contributed by atoms with E-state index >= 15 is 0 Å². The molecule has 1 N–H and O–H groups in total. The lowest BCUT2D eigenvalue weighted by molar-refractivity contribution is -0.129. The number of benzene rings is 2. The largest absolute Gasteiger partial charge is 0.449 e. The van der Waals surface area contributed by atoms with Gasteiger partial charge in [0.15, 0.2) is 6.10 Å². The molecule has 0 spiro atoms. The first-order valence-electron chi connectivity index (χ1n) is 8.41. The molecule has 0 unspecified atom stereocenters. The Morgan fingerprint density at radius 2 is 1.65 bits per heavy atom. The zero-order valence-corrected chi connectivity index (χ0v) is 14.7. The molecule has 0 aliphatic heterocycles. The lowest BCUT2D eigenvalue weighted by Crippen LogP contribution is -2.38. The molecule has 0 saturated carbocycles. The zero-order chi connectivity index (χ0) is 19.1. The molecule has 1 amide bonds. The molecule has 138 valence electrons. The third-order valence-corrected chi connectivity index (χ3v) is 4.11. The van der Waals surface area contributed by atoms with Gasteiger partial charge in [0.05, 0.1) is 0 Å². The summed E-state index contributed by atoms with van der Waals surface area (Å²) >= 11 is 0. The Morgan fingerprint density at radius 1 is 1.04 bits per heavy atom. The molecule has 0 heterocycles. The van der Waals surface area contributed by atoms with Crippen molar-refractivity contribution in [2.45, 2.75) is 32.3 Å². The second-order valence-electron chi connectivity index (χ2n) is 5.91. The summed E-state index contributed by atoms with van der Waals surface area (Å²) in [6, 6.07) is 12.8. The number of hydrogen-bond acceptors (Lipinski definition) is 3. The van der Waals surface area contributed by atoms with E-state index in [-0.39, 0.29) is 5.92 Å². The maximum absolute atomic E-state index is 13.6. The van der Waals surface area contributed by atoms with E-state index in [1.54, 1.807) is 0 Å². The molecule has 26 heavy (non-hydrogen) atoms. The highest BCUT2D eigenvalue weighted by molar-refractivity contribution is 5.92. The first kappa shape index (κ1) is 19.6. The Balaban J connectivity index is 1.94. The van der Waals surface area contributed by atoms with Crippen molar-refractivity contribution in [3.05, 3.63) is 71.3 Å². The molecule has 0 aromatic heterocycles. The summed E-state index contributed by atoms with van der Waals surface area (Å²) in [5.41, 5.74) is 0.288. The highest BCUT2D eigenvalue weighted by Gasteiger charge is 2.24. The van der Waals surface area contributed by atoms with Crippen LogP contribution in [0.15, 0.2) is 48.5 Å². The van der Waals surface area contributed by atoms with E-state index in [4.69, 9.17) is 4.74 Å². The minimum atomic E-state index is -1.21. The van der Waals surface area contributed by atoms with Crippen molar-refractivity contribution < 1.29 is 23.1 Å². The van der Waals surface area contributed by atoms with Gasteiger partial charge in [0.2, 0.25) is 0 Å². The van der Waals surface area contributed by atoms with Crippen LogP contribution in [0.1, 0.15) is 42.1 Å². The fourth-order valence-corrected chi connectivity index (χ4v) is 2.56. The van der Waals surface area contributed by atoms with E-state index < -0.39 is 35.2 Å². The SMILES string of the molecule is CC[C@H](CNC(=O)[C@@H](C)OC(=O)c1c(F)cccc1F)c1ccccc1. The molecule has 0 radical (unpaired) electrons. The molecule has 0 bridgehead atoms. The molecule has 6 heteroatoms. The van der Waals surface area contributed by atoms with Gasteiger partial charge in [-0.25, -0.2) is 13.6 Å². The average Bonchev–Trinajstić information content (AvgIpc) is 2.62. The smallest absolute Gasteiger partial charge is 0.344 e. The van der Waals surface area contributed by atoms with Crippen LogP contribution in [0.4, 0.5) is 8.78 Å². The molecule has 2 rings (SSSR count). The van der Waals surface area contributed by atoms with E-state index in [0.717, 1.165) is 30.2 Å². The topological polar surface area (TPSA) is 55.4 Å². The van der Waals surface area contributed by atoms with Crippen LogP contribution in [0.5, 0.6) is 0 Å². The molecular formula is C20H21F2NO3. The Hall–Kier alpha value is -2.76. The first-order chi connectivity index (χ1) is 12.4. The number of amides is 1. The number of carbonyl (C=O) groups excluding carboxylic acids is 2. The van der Waals surface area contributed by atoms with Crippen molar-refractivity contribution in [2.75, 3.05) is 6.54 Å². The normalized spacial score (nSPS) is 12.9. The van der Waals surface area contributed by atoms with Crippen molar-refractivity contribution in [1.82, 2.24) is 5.32 Å². The Kier molecular flexibility index (Phi) is 6.83. The summed E-state index contributed by atoms with van der Waals surface area (Å²) in [7, 11) is 0. The van der Waals surface area contributed by atoms with Gasteiger partial charge in [-0.05, 0) is 31.0 Å². The fourth-order valence-electron chi connectivity index (χ4n) is 2.56. The van der Waals surface area contributed by atoms with Gasteiger partial charge in [0.25, 0.3) is 5.91 Å². The second kappa shape index (κ2) is 9.08. The first-order valence-corrected chi connectivity index (χ1v) is 8.41. The lowest BCUT2D eigenvalue weighted by Gasteiger charge is -2.18. The van der Waals surface area contributed by atoms with Crippen LogP contribution < -0.4 is 5.32 Å². The third-order valence-electron chi connectivity index (χ3n) is 4.11. The molecule has 0 fully saturated rings. The van der Waals surface area contributed by atoms with Crippen molar-refractivity contribution >= 4 is 11.9 Å². The van der Waals surface area contributed by atoms with E-state index in [1.165, 1.54) is 6.92 Å². The average molecular weight is 361 g/mol. The van der Waals surface area contributed by atoms with Crippen LogP contribution in [0.3, 0.4) is 0 Å². The standard InChI is InChI=1S/C20H21F2NO3/c1-3-14(15-8-5-4-6-9-15)12-23-19(24)13(2)26-20(25)18-16(21)10-7-11-17(18)22/h4-11,13-14H,3,12H2,1-2H3,(H,23,24)/t13-,14-/m1/s1. The van der Waals surface area contributed by atoms with E-state index in [2.05, 4.69) is 5.32 Å². The highest BCUT2D eigenvalue weighted by Crippen LogP contribution is 2.18. The van der Waals surface area contributed by atoms with Crippen molar-refractivity contribution in [1.29, 1.82) is 0 Å². The maximum Gasteiger partial charge on any atom is 0.344 e. The van der Waals surface area contributed by atoms with E-state index in [9.17, 15) is 18.4 Å². The van der Waals surface area contributed by atoms with Gasteiger partial charge in [-0.2, -0.15) is 0 Å². The van der Waals surface area contributed by atoms with Gasteiger partial charge in [0.1, 0.15) is 17.2 Å². The van der Waals surface area contributed by atoms with Crippen LogP contribution in [0.25, 0.3) is 0 Å². The summed E-state index contributed by atoms with van der Waals surface area (Å²) in [6.45, 7) is 3.74. The highest BCUT2D eigenvalue weighted by atomic mass is 19.1. The molecule has 2 aromatic rings. The third kappa shape index (κ3) is 4.88. The Bertz CT molecular complexity index is 745. The van der Waals surface area contributed by atoms with Crippen LogP contribution >= 0.6 is 0 Å². The summed E-state index contributed by atoms with van der Waals surface area (Å²) in [5, 5.41) is 2.71. The molecule has 2 atom stereocenters. The number of hydrogen-bond donors (Lipinski definition) is 1. The van der Waals surface area contributed by atoms with Gasteiger partial charge >= 0.3 is 5.97 Å². The quantitative estimate of drug-likeness (QED) is 0.763. The molecule has 2 aromatic carbocycles. The molecule has 0 aliphatic carbocycles. The number of nitrogens with one attached hydrogen (secondary N) is 1. The summed E-state index contributed by atoms with van der Waals surface area (Å²) < 4.78 is 32.1. The van der Waals surface area contributed by atoms with Crippen LogP contribution in [0, 0.1) is 11.6 Å².